The van der Waals surface area contributed by atoms with E-state index in [0.717, 1.165) is 24.9 Å². The molecule has 1 fully saturated rings. The van der Waals surface area contributed by atoms with Gasteiger partial charge in [0.2, 0.25) is 0 Å². The van der Waals surface area contributed by atoms with Gasteiger partial charge >= 0.3 is 0 Å². The maximum atomic E-state index is 9.52. The average molecular weight is 282 g/mol. The topological polar surface area (TPSA) is 35.8 Å². The summed E-state index contributed by atoms with van der Waals surface area (Å²) in [7, 11) is 0. The average Bonchev–Trinajstić information content (AvgIpc) is 2.85. The highest BCUT2D eigenvalue weighted by atomic mass is 32.1. The fourth-order valence-corrected chi connectivity index (χ4v) is 3.74. The zero-order valence-corrected chi connectivity index (χ0v) is 12.4. The molecule has 0 saturated heterocycles. The summed E-state index contributed by atoms with van der Waals surface area (Å²) in [6.45, 7) is 3.05. The molecular formula is C17H18N2S. The number of nitrogens with one attached hydrogen (secondary N) is 1. The van der Waals surface area contributed by atoms with E-state index in [2.05, 4.69) is 42.6 Å². The van der Waals surface area contributed by atoms with Gasteiger partial charge in [-0.15, -0.1) is 11.3 Å². The largest absolute Gasteiger partial charge is 0.309 e. The third-order valence-corrected chi connectivity index (χ3v) is 5.09. The van der Waals surface area contributed by atoms with Gasteiger partial charge in [0.05, 0.1) is 11.5 Å². The van der Waals surface area contributed by atoms with Crippen molar-refractivity contribution in [3.63, 3.8) is 0 Å². The van der Waals surface area contributed by atoms with Crippen molar-refractivity contribution in [2.45, 2.75) is 37.8 Å². The molecule has 102 valence electrons. The second-order valence-electron chi connectivity index (χ2n) is 5.56. The van der Waals surface area contributed by atoms with Crippen LogP contribution in [-0.4, -0.2) is 6.04 Å². The summed E-state index contributed by atoms with van der Waals surface area (Å²) < 4.78 is 0. The van der Waals surface area contributed by atoms with Crippen LogP contribution >= 0.6 is 11.3 Å². The zero-order chi connectivity index (χ0) is 14.0. The molecule has 2 nitrogen and oxygen atoms in total. The Kier molecular flexibility index (Phi) is 3.60. The molecule has 20 heavy (non-hydrogen) atoms. The molecule has 1 aliphatic rings. The molecule has 3 rings (SSSR count). The molecule has 0 aliphatic heterocycles. The van der Waals surface area contributed by atoms with Gasteiger partial charge in [0.1, 0.15) is 0 Å². The summed E-state index contributed by atoms with van der Waals surface area (Å²) in [4.78, 5) is 2.72. The Balaban J connectivity index is 1.58. The molecule has 0 bridgehead atoms. The second-order valence-corrected chi connectivity index (χ2v) is 6.93. The van der Waals surface area contributed by atoms with Gasteiger partial charge in [-0.3, -0.25) is 0 Å². The highest BCUT2D eigenvalue weighted by molar-refractivity contribution is 7.11. The van der Waals surface area contributed by atoms with Gasteiger partial charge < -0.3 is 5.32 Å². The van der Waals surface area contributed by atoms with Crippen LogP contribution in [0.1, 0.15) is 28.2 Å². The lowest BCUT2D eigenvalue weighted by Crippen LogP contribution is -2.50. The molecule has 1 aromatic heterocycles. The third-order valence-electron chi connectivity index (χ3n) is 4.09. The monoisotopic (exact) mass is 282 g/mol. The first-order valence-corrected chi connectivity index (χ1v) is 7.79. The van der Waals surface area contributed by atoms with E-state index < -0.39 is 0 Å². The first-order valence-electron chi connectivity index (χ1n) is 6.97. The van der Waals surface area contributed by atoms with Crippen LogP contribution in [-0.2, 0) is 12.0 Å². The van der Waals surface area contributed by atoms with E-state index in [0.29, 0.717) is 6.04 Å². The summed E-state index contributed by atoms with van der Waals surface area (Å²) in [5.41, 5.74) is 0.886. The van der Waals surface area contributed by atoms with Gasteiger partial charge in [-0.05, 0) is 37.5 Å². The molecule has 0 radical (unpaired) electrons. The first-order chi connectivity index (χ1) is 9.72. The van der Waals surface area contributed by atoms with E-state index in [1.807, 2.05) is 29.5 Å². The van der Waals surface area contributed by atoms with Crippen LogP contribution in [0.15, 0.2) is 42.5 Å². The van der Waals surface area contributed by atoms with Crippen LogP contribution in [0.4, 0.5) is 0 Å². The fourth-order valence-electron chi connectivity index (χ4n) is 2.90. The second kappa shape index (κ2) is 5.40. The van der Waals surface area contributed by atoms with Crippen molar-refractivity contribution in [1.82, 2.24) is 5.32 Å². The van der Waals surface area contributed by atoms with Crippen LogP contribution in [0.5, 0.6) is 0 Å². The van der Waals surface area contributed by atoms with E-state index >= 15 is 0 Å². The molecule has 0 amide bonds. The number of aryl methyl sites for hydroxylation is 1. The zero-order valence-electron chi connectivity index (χ0n) is 11.6. The molecule has 1 N–H and O–H groups in total. The number of thiophene rings is 1. The molecule has 1 aliphatic carbocycles. The van der Waals surface area contributed by atoms with Crippen molar-refractivity contribution in [1.29, 1.82) is 5.26 Å². The van der Waals surface area contributed by atoms with Crippen molar-refractivity contribution < 1.29 is 0 Å². The standard InChI is InChI=1S/C17H18N2S/c1-13-7-8-16(20-13)11-19-15-9-17(10-15,12-18)14-5-3-2-4-6-14/h2-8,15,19H,9-11H2,1H3. The quantitative estimate of drug-likeness (QED) is 0.926. The summed E-state index contributed by atoms with van der Waals surface area (Å²) in [6.07, 6.45) is 1.83. The van der Waals surface area contributed by atoms with Crippen molar-refractivity contribution in [3.05, 3.63) is 57.8 Å². The van der Waals surface area contributed by atoms with Crippen molar-refractivity contribution in [2.24, 2.45) is 0 Å². The maximum Gasteiger partial charge on any atom is 0.0852 e. The number of hydrogen-bond acceptors (Lipinski definition) is 3. The first kappa shape index (κ1) is 13.4. The van der Waals surface area contributed by atoms with Gasteiger partial charge in [0.15, 0.2) is 0 Å². The Hall–Kier alpha value is -1.63. The van der Waals surface area contributed by atoms with Gasteiger partial charge in [0.25, 0.3) is 0 Å². The molecule has 0 unspecified atom stereocenters. The summed E-state index contributed by atoms with van der Waals surface area (Å²) >= 11 is 1.84. The Labute approximate surface area is 124 Å². The number of nitrogens with zero attached hydrogens (tertiary/aromatic N) is 1. The van der Waals surface area contributed by atoms with Crippen LogP contribution in [0, 0.1) is 18.3 Å². The lowest BCUT2D eigenvalue weighted by Gasteiger charge is -2.43. The van der Waals surface area contributed by atoms with E-state index in [1.54, 1.807) is 0 Å². The smallest absolute Gasteiger partial charge is 0.0852 e. The molecular weight excluding hydrogens is 264 g/mol. The Morgan fingerprint density at radius 3 is 2.60 bits per heavy atom. The SMILES string of the molecule is Cc1ccc(CNC2CC(C#N)(c3ccccc3)C2)s1. The lowest BCUT2D eigenvalue weighted by molar-refractivity contribution is 0.226. The van der Waals surface area contributed by atoms with Crippen molar-refractivity contribution in [3.8, 4) is 6.07 Å². The van der Waals surface area contributed by atoms with Gasteiger partial charge in [-0.1, -0.05) is 30.3 Å². The Morgan fingerprint density at radius 2 is 2.00 bits per heavy atom. The molecule has 3 heteroatoms. The van der Waals surface area contributed by atoms with Crippen molar-refractivity contribution >= 4 is 11.3 Å². The number of rotatable bonds is 4. The molecule has 1 heterocycles. The van der Waals surface area contributed by atoms with Gasteiger partial charge in [-0.25, -0.2) is 0 Å². The Morgan fingerprint density at radius 1 is 1.25 bits per heavy atom. The minimum absolute atomic E-state index is 0.274. The molecule has 0 atom stereocenters. The molecule has 2 aromatic rings. The normalized spacial score (nSPS) is 24.9. The fraction of sp³-hybridized carbons (Fsp3) is 0.353. The van der Waals surface area contributed by atoms with E-state index in [-0.39, 0.29) is 5.41 Å². The summed E-state index contributed by atoms with van der Waals surface area (Å²) in [6, 6.07) is 17.5. The van der Waals surface area contributed by atoms with Crippen LogP contribution in [0.2, 0.25) is 0 Å². The minimum Gasteiger partial charge on any atom is -0.309 e. The Bertz CT molecular complexity index is 618. The summed E-state index contributed by atoms with van der Waals surface area (Å²) in [5, 5.41) is 13.1. The van der Waals surface area contributed by atoms with E-state index in [1.165, 1.54) is 9.75 Å². The summed E-state index contributed by atoms with van der Waals surface area (Å²) in [5.74, 6) is 0. The van der Waals surface area contributed by atoms with Crippen LogP contribution < -0.4 is 5.32 Å². The maximum absolute atomic E-state index is 9.52. The number of hydrogen-bond donors (Lipinski definition) is 1. The highest BCUT2D eigenvalue weighted by Gasteiger charge is 2.45. The predicted molar refractivity (Wildman–Crippen MR) is 82.7 cm³/mol. The highest BCUT2D eigenvalue weighted by Crippen LogP contribution is 2.43. The van der Waals surface area contributed by atoms with Crippen LogP contribution in [0.3, 0.4) is 0 Å². The van der Waals surface area contributed by atoms with Gasteiger partial charge in [-0.2, -0.15) is 5.26 Å². The predicted octanol–water partition coefficient (Wildman–Crippen LogP) is 3.77. The molecule has 0 spiro atoms. The molecule has 1 aromatic carbocycles. The number of benzene rings is 1. The van der Waals surface area contributed by atoms with E-state index in [9.17, 15) is 5.26 Å². The minimum atomic E-state index is -0.274. The van der Waals surface area contributed by atoms with Gasteiger partial charge in [0, 0.05) is 22.3 Å². The third kappa shape index (κ3) is 2.49. The number of nitriles is 1. The molecule has 1 saturated carbocycles. The van der Waals surface area contributed by atoms with E-state index in [4.69, 9.17) is 0 Å². The lowest BCUT2D eigenvalue weighted by atomic mass is 9.62. The van der Waals surface area contributed by atoms with Crippen molar-refractivity contribution in [2.75, 3.05) is 0 Å². The van der Waals surface area contributed by atoms with Crippen LogP contribution in [0.25, 0.3) is 0 Å².